The van der Waals surface area contributed by atoms with Crippen LogP contribution in [0.3, 0.4) is 0 Å². The van der Waals surface area contributed by atoms with Gasteiger partial charge in [0.2, 0.25) is 0 Å². The highest BCUT2D eigenvalue weighted by atomic mass is 14.0. The molecule has 0 aliphatic carbocycles. The molecule has 0 atom stereocenters. The van der Waals surface area contributed by atoms with Gasteiger partial charge in [0.1, 0.15) is 0 Å². The second-order valence-electron chi connectivity index (χ2n) is 6.41. The monoisotopic (exact) mass is 266 g/mol. The first-order chi connectivity index (χ1) is 9.35. The zero-order chi connectivity index (χ0) is 14.2. The second kappa shape index (κ2) is 16.1. The zero-order valence-electron chi connectivity index (χ0n) is 14.2. The van der Waals surface area contributed by atoms with Crippen LogP contribution >= 0.6 is 0 Å². The quantitative estimate of drug-likeness (QED) is 0.217. The Morgan fingerprint density at radius 2 is 0.737 bits per heavy atom. The normalized spacial score (nSPS) is 11.4. The van der Waals surface area contributed by atoms with Crippen LogP contribution < -0.4 is 0 Å². The fourth-order valence-corrected chi connectivity index (χ4v) is 3.01. The first kappa shape index (κ1) is 19.1. The van der Waals surface area contributed by atoms with E-state index in [2.05, 4.69) is 20.8 Å². The minimum Gasteiger partial charge on any atom is -0.208 e. The maximum absolute atomic E-state index is 2.31. The van der Waals surface area contributed by atoms with E-state index in [-0.39, 0.29) is 0 Å². The van der Waals surface area contributed by atoms with E-state index in [9.17, 15) is 0 Å². The Morgan fingerprint density at radius 1 is 0.421 bits per heavy atom. The smallest absolute Gasteiger partial charge is 0.0537 e. The highest BCUT2D eigenvalue weighted by Crippen LogP contribution is 2.19. The van der Waals surface area contributed by atoms with E-state index in [1.807, 2.05) is 0 Å². The molecule has 0 saturated carbocycles. The van der Waals surface area contributed by atoms with Crippen LogP contribution in [0.2, 0.25) is 19.0 Å². The number of hydrogen-bond donors (Lipinski definition) is 0. The molecule has 0 aromatic rings. The molecule has 0 spiro atoms. The molecule has 0 N–H and O–H groups in total. The molecule has 0 heterocycles. The van der Waals surface area contributed by atoms with Gasteiger partial charge in [-0.1, -0.05) is 97.8 Å². The molecule has 0 aromatic heterocycles. The second-order valence-corrected chi connectivity index (χ2v) is 6.41. The lowest BCUT2D eigenvalue weighted by atomic mass is 9.41. The molecule has 0 fully saturated rings. The van der Waals surface area contributed by atoms with Gasteiger partial charge in [-0.3, -0.25) is 0 Å². The van der Waals surface area contributed by atoms with Gasteiger partial charge < -0.3 is 0 Å². The van der Waals surface area contributed by atoms with E-state index >= 15 is 0 Å². The minimum atomic E-state index is 1.05. The van der Waals surface area contributed by atoms with E-state index in [0.29, 0.717) is 0 Å². The van der Waals surface area contributed by atoms with Crippen LogP contribution in [0, 0.1) is 0 Å². The highest BCUT2D eigenvalue weighted by molar-refractivity contribution is 6.58. The van der Waals surface area contributed by atoms with Crippen LogP contribution in [0.4, 0.5) is 0 Å². The Bertz CT molecular complexity index is 127. The fourth-order valence-electron chi connectivity index (χ4n) is 3.01. The van der Waals surface area contributed by atoms with Crippen LogP contribution in [-0.4, -0.2) is 6.71 Å². The first-order valence-electron chi connectivity index (χ1n) is 9.35. The van der Waals surface area contributed by atoms with E-state index in [0.717, 1.165) is 6.71 Å². The summed E-state index contributed by atoms with van der Waals surface area (Å²) in [6.45, 7) is 7.98. The number of rotatable bonds is 15. The van der Waals surface area contributed by atoms with Crippen molar-refractivity contribution in [3.63, 3.8) is 0 Å². The van der Waals surface area contributed by atoms with Crippen molar-refractivity contribution in [3.05, 3.63) is 0 Å². The Labute approximate surface area is 124 Å². The Hall–Kier alpha value is 0.0649. The van der Waals surface area contributed by atoms with Crippen molar-refractivity contribution < 1.29 is 0 Å². The lowest BCUT2D eigenvalue weighted by molar-refractivity contribution is 0.672. The molecule has 0 aromatic carbocycles. The van der Waals surface area contributed by atoms with E-state index in [1.54, 1.807) is 0 Å². The molecule has 0 unspecified atom stereocenters. The lowest BCUT2D eigenvalue weighted by Crippen LogP contribution is -2.11. The van der Waals surface area contributed by atoms with Gasteiger partial charge in [0.05, 0.1) is 0 Å². The summed E-state index contributed by atoms with van der Waals surface area (Å²) in [4.78, 5) is 0. The van der Waals surface area contributed by atoms with Crippen molar-refractivity contribution in [2.24, 2.45) is 0 Å². The SMILES string of the molecule is CCCCCC[B-](CCCCCC)CCCCCC. The van der Waals surface area contributed by atoms with Crippen molar-refractivity contribution >= 4 is 6.71 Å². The van der Waals surface area contributed by atoms with Crippen molar-refractivity contribution in [2.75, 3.05) is 0 Å². The van der Waals surface area contributed by atoms with Crippen LogP contribution in [0.15, 0.2) is 0 Å². The van der Waals surface area contributed by atoms with Gasteiger partial charge in [-0.05, 0) is 0 Å². The molecule has 0 bridgehead atoms. The highest BCUT2D eigenvalue weighted by Gasteiger charge is 1.99. The predicted octanol–water partition coefficient (Wildman–Crippen LogP) is 7.22. The summed E-state index contributed by atoms with van der Waals surface area (Å²) in [5.41, 5.74) is 0. The van der Waals surface area contributed by atoms with E-state index < -0.39 is 0 Å². The van der Waals surface area contributed by atoms with Gasteiger partial charge in [-0.25, -0.2) is 19.0 Å². The summed E-state index contributed by atoms with van der Waals surface area (Å²) in [6, 6.07) is 0. The van der Waals surface area contributed by atoms with E-state index in [1.165, 1.54) is 96.0 Å². The lowest BCUT2D eigenvalue weighted by Gasteiger charge is -2.26. The van der Waals surface area contributed by atoms with Gasteiger partial charge in [0.15, 0.2) is 0 Å². The Morgan fingerprint density at radius 3 is 1.00 bits per heavy atom. The summed E-state index contributed by atoms with van der Waals surface area (Å²) in [5.74, 6) is 0. The van der Waals surface area contributed by atoms with Crippen molar-refractivity contribution in [3.8, 4) is 0 Å². The Balaban J connectivity index is 3.66. The van der Waals surface area contributed by atoms with Crippen LogP contribution in [0.25, 0.3) is 0 Å². The topological polar surface area (TPSA) is 0 Å². The summed E-state index contributed by atoms with van der Waals surface area (Å²) >= 11 is 0. The van der Waals surface area contributed by atoms with Crippen LogP contribution in [-0.2, 0) is 0 Å². The standard InChI is InChI=1S/C18H39B/c1-4-7-10-13-16-19(17-14-11-8-5-2)18-15-12-9-6-3/h4-18H2,1-3H3/q-1. The molecule has 19 heavy (non-hydrogen) atoms. The molecule has 0 saturated heterocycles. The molecular weight excluding hydrogens is 227 g/mol. The van der Waals surface area contributed by atoms with E-state index in [4.69, 9.17) is 0 Å². The van der Waals surface area contributed by atoms with Gasteiger partial charge >= 0.3 is 0 Å². The molecule has 0 aliphatic rings. The summed E-state index contributed by atoms with van der Waals surface area (Å²) in [6.07, 6.45) is 21.8. The third-order valence-corrected chi connectivity index (χ3v) is 4.40. The van der Waals surface area contributed by atoms with Crippen molar-refractivity contribution in [1.29, 1.82) is 0 Å². The molecule has 0 aliphatic heterocycles. The average molecular weight is 266 g/mol. The minimum absolute atomic E-state index is 1.05. The van der Waals surface area contributed by atoms with Crippen LogP contribution in [0.1, 0.15) is 97.8 Å². The zero-order valence-corrected chi connectivity index (χ0v) is 14.2. The van der Waals surface area contributed by atoms with Gasteiger partial charge in [-0.2, -0.15) is 0 Å². The Kier molecular flexibility index (Phi) is 16.2. The molecule has 0 nitrogen and oxygen atoms in total. The first-order valence-corrected chi connectivity index (χ1v) is 9.35. The van der Waals surface area contributed by atoms with Gasteiger partial charge in [-0.15, -0.1) is 6.71 Å². The molecule has 115 valence electrons. The maximum Gasteiger partial charge on any atom is -0.0537 e. The van der Waals surface area contributed by atoms with Gasteiger partial charge in [0.25, 0.3) is 0 Å². The number of unbranched alkanes of at least 4 members (excludes halogenated alkanes) is 9. The van der Waals surface area contributed by atoms with Crippen molar-refractivity contribution in [1.82, 2.24) is 0 Å². The van der Waals surface area contributed by atoms with Gasteiger partial charge in [0, 0.05) is 0 Å². The van der Waals surface area contributed by atoms with Crippen LogP contribution in [0.5, 0.6) is 0 Å². The summed E-state index contributed by atoms with van der Waals surface area (Å²) in [7, 11) is 0. The van der Waals surface area contributed by atoms with Crippen molar-refractivity contribution in [2.45, 2.75) is 117 Å². The molecule has 0 amide bonds. The molecule has 0 rings (SSSR count). The maximum atomic E-state index is 2.31. The molecular formula is C18H39B-. The number of hydrogen-bond acceptors (Lipinski definition) is 0. The fraction of sp³-hybridized carbons (Fsp3) is 1.00. The predicted molar refractivity (Wildman–Crippen MR) is 92.6 cm³/mol. The summed E-state index contributed by atoms with van der Waals surface area (Å²) < 4.78 is 0. The average Bonchev–Trinajstić information content (AvgIpc) is 2.43. The third kappa shape index (κ3) is 14.3. The molecule has 1 radical (unpaired) electrons. The summed E-state index contributed by atoms with van der Waals surface area (Å²) in [5, 5.41) is 0. The third-order valence-electron chi connectivity index (χ3n) is 4.40. The molecule has 1 heteroatoms. The largest absolute Gasteiger partial charge is 0.208 e.